The standard InChI is InChI=1S/C23H25BrCl2N2O5S/c1-2-33-23(30)17-9-11-27(12-10-17)22(29)15-28(14-16-3-8-20(25)21(26)13-16)34(31,32)19-6-4-18(24)5-7-19/h3-8,13,17H,2,9-12,14-15H2,1H3. The van der Waals surface area contributed by atoms with E-state index in [1.807, 2.05) is 0 Å². The average molecular weight is 592 g/mol. The van der Waals surface area contributed by atoms with Gasteiger partial charge in [0.25, 0.3) is 0 Å². The molecule has 1 saturated heterocycles. The first-order chi connectivity index (χ1) is 16.1. The van der Waals surface area contributed by atoms with Crippen molar-refractivity contribution in [2.45, 2.75) is 31.2 Å². The van der Waals surface area contributed by atoms with Crippen molar-refractivity contribution in [1.29, 1.82) is 0 Å². The van der Waals surface area contributed by atoms with Gasteiger partial charge in [0, 0.05) is 24.1 Å². The normalized spacial score (nSPS) is 14.9. The quantitative estimate of drug-likeness (QED) is 0.414. The van der Waals surface area contributed by atoms with Crippen molar-refractivity contribution in [3.63, 3.8) is 0 Å². The number of sulfonamides is 1. The highest BCUT2D eigenvalue weighted by Crippen LogP contribution is 2.26. The van der Waals surface area contributed by atoms with Crippen LogP contribution in [0.1, 0.15) is 25.3 Å². The summed E-state index contributed by atoms with van der Waals surface area (Å²) in [6, 6.07) is 11.1. The molecule has 0 atom stereocenters. The number of benzene rings is 2. The first-order valence-electron chi connectivity index (χ1n) is 10.8. The van der Waals surface area contributed by atoms with Crippen molar-refractivity contribution in [3.05, 3.63) is 62.5 Å². The van der Waals surface area contributed by atoms with E-state index in [1.54, 1.807) is 42.2 Å². The molecule has 7 nitrogen and oxygen atoms in total. The number of piperidine rings is 1. The highest BCUT2D eigenvalue weighted by molar-refractivity contribution is 9.10. The van der Waals surface area contributed by atoms with Crippen molar-refractivity contribution in [3.8, 4) is 0 Å². The van der Waals surface area contributed by atoms with Gasteiger partial charge < -0.3 is 9.64 Å². The molecular weight excluding hydrogens is 567 g/mol. The molecule has 184 valence electrons. The van der Waals surface area contributed by atoms with Crippen molar-refractivity contribution < 1.29 is 22.7 Å². The molecule has 3 rings (SSSR count). The fourth-order valence-electron chi connectivity index (χ4n) is 3.70. The lowest BCUT2D eigenvalue weighted by atomic mass is 9.97. The minimum absolute atomic E-state index is 0.0552. The molecule has 0 aromatic heterocycles. The van der Waals surface area contributed by atoms with E-state index < -0.39 is 10.0 Å². The molecule has 2 aromatic rings. The highest BCUT2D eigenvalue weighted by atomic mass is 79.9. The van der Waals surface area contributed by atoms with Gasteiger partial charge in [-0.25, -0.2) is 8.42 Å². The van der Waals surface area contributed by atoms with E-state index >= 15 is 0 Å². The number of hydrogen-bond donors (Lipinski definition) is 0. The summed E-state index contributed by atoms with van der Waals surface area (Å²) in [4.78, 5) is 26.8. The Hall–Kier alpha value is -1.65. The van der Waals surface area contributed by atoms with E-state index in [-0.39, 0.29) is 35.8 Å². The van der Waals surface area contributed by atoms with Gasteiger partial charge in [-0.1, -0.05) is 45.2 Å². The predicted molar refractivity (Wildman–Crippen MR) is 134 cm³/mol. The van der Waals surface area contributed by atoms with Crippen LogP contribution >= 0.6 is 39.1 Å². The summed E-state index contributed by atoms with van der Waals surface area (Å²) in [6.45, 7) is 2.39. The maximum Gasteiger partial charge on any atom is 0.309 e. The maximum atomic E-state index is 13.5. The molecule has 1 aliphatic heterocycles. The van der Waals surface area contributed by atoms with Gasteiger partial charge in [-0.2, -0.15) is 4.31 Å². The van der Waals surface area contributed by atoms with E-state index in [4.69, 9.17) is 27.9 Å². The lowest BCUT2D eigenvalue weighted by Gasteiger charge is -2.32. The van der Waals surface area contributed by atoms with Crippen LogP contribution in [0, 0.1) is 5.92 Å². The number of carbonyl (C=O) groups excluding carboxylic acids is 2. The number of carbonyl (C=O) groups is 2. The number of ether oxygens (including phenoxy) is 1. The number of likely N-dealkylation sites (tertiary alicyclic amines) is 1. The van der Waals surface area contributed by atoms with Crippen LogP contribution in [0.15, 0.2) is 51.8 Å². The number of rotatable bonds is 8. The Morgan fingerprint density at radius 3 is 2.32 bits per heavy atom. The van der Waals surface area contributed by atoms with Crippen molar-refractivity contribution in [1.82, 2.24) is 9.21 Å². The molecule has 0 unspecified atom stereocenters. The first kappa shape index (κ1) is 26.9. The monoisotopic (exact) mass is 590 g/mol. The second-order valence-electron chi connectivity index (χ2n) is 7.88. The largest absolute Gasteiger partial charge is 0.466 e. The molecule has 2 aromatic carbocycles. The van der Waals surface area contributed by atoms with Crippen molar-refractivity contribution in [2.75, 3.05) is 26.2 Å². The highest BCUT2D eigenvalue weighted by Gasteiger charge is 2.32. The summed E-state index contributed by atoms with van der Waals surface area (Å²) in [5, 5.41) is 0.654. The van der Waals surface area contributed by atoms with Gasteiger partial charge in [0.1, 0.15) is 0 Å². The number of amides is 1. The summed E-state index contributed by atoms with van der Waals surface area (Å²) in [6.07, 6.45) is 0.966. The van der Waals surface area contributed by atoms with Crippen molar-refractivity contribution in [2.24, 2.45) is 5.92 Å². The molecule has 0 aliphatic carbocycles. The zero-order valence-corrected chi connectivity index (χ0v) is 22.5. The van der Waals surface area contributed by atoms with Gasteiger partial charge in [0.2, 0.25) is 15.9 Å². The minimum Gasteiger partial charge on any atom is -0.466 e. The number of nitrogens with zero attached hydrogens (tertiary/aromatic N) is 2. The van der Waals surface area contributed by atoms with Crippen LogP contribution in [0.3, 0.4) is 0 Å². The number of hydrogen-bond acceptors (Lipinski definition) is 5. The topological polar surface area (TPSA) is 84.0 Å². The SMILES string of the molecule is CCOC(=O)C1CCN(C(=O)CN(Cc2ccc(Cl)c(Cl)c2)S(=O)(=O)c2ccc(Br)cc2)CC1. The van der Waals surface area contributed by atoms with E-state index in [0.29, 0.717) is 48.1 Å². The van der Waals surface area contributed by atoms with E-state index in [0.717, 1.165) is 8.78 Å². The summed E-state index contributed by atoms with van der Waals surface area (Å²) in [5.74, 6) is -0.834. The fraction of sp³-hybridized carbons (Fsp3) is 0.391. The number of esters is 1. The van der Waals surface area contributed by atoms with E-state index in [9.17, 15) is 18.0 Å². The van der Waals surface area contributed by atoms with Crippen LogP contribution in [0.4, 0.5) is 0 Å². The van der Waals surface area contributed by atoms with Gasteiger partial charge in [0.05, 0.1) is 34.0 Å². The molecule has 1 amide bonds. The lowest BCUT2D eigenvalue weighted by molar-refractivity contribution is -0.151. The molecule has 0 spiro atoms. The number of halogens is 3. The van der Waals surface area contributed by atoms with Gasteiger partial charge in [-0.3, -0.25) is 9.59 Å². The van der Waals surface area contributed by atoms with Gasteiger partial charge >= 0.3 is 5.97 Å². The third-order valence-corrected chi connectivity index (χ3v) is 8.65. The lowest BCUT2D eigenvalue weighted by Crippen LogP contribution is -2.46. The zero-order valence-electron chi connectivity index (χ0n) is 18.5. The van der Waals surface area contributed by atoms with Crippen LogP contribution in [-0.4, -0.2) is 55.7 Å². The maximum absolute atomic E-state index is 13.5. The molecule has 1 heterocycles. The second kappa shape index (κ2) is 11.9. The Kier molecular flexibility index (Phi) is 9.40. The van der Waals surface area contributed by atoms with E-state index in [1.165, 1.54) is 12.1 Å². The Morgan fingerprint density at radius 1 is 1.09 bits per heavy atom. The zero-order chi connectivity index (χ0) is 24.9. The third-order valence-electron chi connectivity index (χ3n) is 5.57. The van der Waals surface area contributed by atoms with Gasteiger partial charge in [-0.15, -0.1) is 0 Å². The molecule has 0 saturated carbocycles. The minimum atomic E-state index is -3.99. The average Bonchev–Trinajstić information content (AvgIpc) is 2.81. The molecule has 34 heavy (non-hydrogen) atoms. The van der Waals surface area contributed by atoms with Gasteiger partial charge in [-0.05, 0) is 61.7 Å². The second-order valence-corrected chi connectivity index (χ2v) is 11.6. The molecule has 1 aliphatic rings. The third kappa shape index (κ3) is 6.73. The molecule has 11 heteroatoms. The van der Waals surface area contributed by atoms with Crippen molar-refractivity contribution >= 4 is 61.0 Å². The summed E-state index contributed by atoms with van der Waals surface area (Å²) in [5.41, 5.74) is 0.601. The summed E-state index contributed by atoms with van der Waals surface area (Å²) < 4.78 is 33.9. The smallest absolute Gasteiger partial charge is 0.309 e. The van der Waals surface area contributed by atoms with E-state index in [2.05, 4.69) is 15.9 Å². The van der Waals surface area contributed by atoms with Gasteiger partial charge in [0.15, 0.2) is 0 Å². The predicted octanol–water partition coefficient (Wildman–Crippen LogP) is 4.75. The molecule has 0 bridgehead atoms. The Morgan fingerprint density at radius 2 is 1.74 bits per heavy atom. The first-order valence-corrected chi connectivity index (χ1v) is 13.7. The van der Waals surface area contributed by atoms with Crippen LogP contribution in [-0.2, 0) is 30.9 Å². The van der Waals surface area contributed by atoms with Crippen LogP contribution in [0.2, 0.25) is 10.0 Å². The summed E-state index contributed by atoms with van der Waals surface area (Å²) in [7, 11) is -3.99. The Labute approximate surface area is 218 Å². The van der Waals surface area contributed by atoms with Crippen LogP contribution in [0.5, 0.6) is 0 Å². The molecular formula is C23H25BrCl2N2O5S. The van der Waals surface area contributed by atoms with Crippen LogP contribution in [0.25, 0.3) is 0 Å². The molecule has 0 N–H and O–H groups in total. The van der Waals surface area contributed by atoms with Crippen LogP contribution < -0.4 is 0 Å². The fourth-order valence-corrected chi connectivity index (χ4v) is 5.66. The molecule has 0 radical (unpaired) electrons. The Bertz CT molecular complexity index is 1140. The Balaban J connectivity index is 1.79. The summed E-state index contributed by atoms with van der Waals surface area (Å²) >= 11 is 15.4. The molecule has 1 fully saturated rings.